The summed E-state index contributed by atoms with van der Waals surface area (Å²) in [6.07, 6.45) is 10.1. The average Bonchev–Trinajstić information content (AvgIpc) is 3.65. The molecule has 4 aromatic carbocycles. The number of hydrogen-bond acceptors (Lipinski definition) is 2. The monoisotopic (exact) mass is 531 g/mol. The van der Waals surface area contributed by atoms with Crippen LogP contribution in [0.3, 0.4) is 0 Å². The largest absolute Gasteiger partial charge is 0.307 e. The van der Waals surface area contributed by atoms with Gasteiger partial charge in [-0.2, -0.15) is 0 Å². The van der Waals surface area contributed by atoms with Gasteiger partial charge in [0.1, 0.15) is 0 Å². The van der Waals surface area contributed by atoms with Gasteiger partial charge in [0, 0.05) is 53.8 Å². The predicted molar refractivity (Wildman–Crippen MR) is 173 cm³/mol. The van der Waals surface area contributed by atoms with Crippen molar-refractivity contribution in [3.05, 3.63) is 127 Å². The van der Waals surface area contributed by atoms with Crippen LogP contribution in [0.1, 0.15) is 18.2 Å². The van der Waals surface area contributed by atoms with Gasteiger partial charge >= 0.3 is 0 Å². The van der Waals surface area contributed by atoms with Crippen molar-refractivity contribution in [2.75, 3.05) is 0 Å². The van der Waals surface area contributed by atoms with Gasteiger partial charge in [0.2, 0.25) is 0 Å². The SMILES string of the molecule is C=Cc1c(/C=C\C)n(-c2cccnc2)c2c1c1c3ccccc3sc1c1c3ccccc3n(-c3ccccc3)c12. The third kappa shape index (κ3) is 3.02. The molecule has 0 saturated heterocycles. The molecule has 0 aliphatic carbocycles. The van der Waals surface area contributed by atoms with Crippen LogP contribution in [-0.4, -0.2) is 14.1 Å². The van der Waals surface area contributed by atoms with E-state index in [0.717, 1.165) is 22.6 Å². The van der Waals surface area contributed by atoms with E-state index in [9.17, 15) is 0 Å². The Labute approximate surface area is 235 Å². The number of thiophene rings is 1. The van der Waals surface area contributed by atoms with Crippen molar-refractivity contribution in [3.8, 4) is 11.4 Å². The number of fused-ring (bicyclic) bond motifs is 10. The Morgan fingerprint density at radius 3 is 2.23 bits per heavy atom. The summed E-state index contributed by atoms with van der Waals surface area (Å²) in [5, 5.41) is 6.35. The molecular weight excluding hydrogens is 506 g/mol. The smallest absolute Gasteiger partial charge is 0.0803 e. The maximum absolute atomic E-state index is 4.53. The number of pyridine rings is 1. The minimum absolute atomic E-state index is 1.03. The lowest BCUT2D eigenvalue weighted by molar-refractivity contribution is 1.08. The Kier molecular flexibility index (Phi) is 5.06. The fourth-order valence-corrected chi connectivity index (χ4v) is 7.65. The van der Waals surface area contributed by atoms with Gasteiger partial charge in [-0.3, -0.25) is 4.98 Å². The van der Waals surface area contributed by atoms with E-state index >= 15 is 0 Å². The summed E-state index contributed by atoms with van der Waals surface area (Å²) in [6, 6.07) is 32.5. The molecule has 4 heterocycles. The van der Waals surface area contributed by atoms with Crippen LogP contribution in [0.15, 0.2) is 116 Å². The molecule has 0 saturated carbocycles. The van der Waals surface area contributed by atoms with E-state index in [4.69, 9.17) is 0 Å². The highest BCUT2D eigenvalue weighted by atomic mass is 32.1. The fourth-order valence-electron chi connectivity index (χ4n) is 6.38. The zero-order valence-corrected chi connectivity index (χ0v) is 22.8. The van der Waals surface area contributed by atoms with Crippen LogP contribution in [0.25, 0.3) is 76.4 Å². The second-order valence-electron chi connectivity index (χ2n) is 9.99. The summed E-state index contributed by atoms with van der Waals surface area (Å²) in [4.78, 5) is 4.53. The first-order valence-corrected chi connectivity index (χ1v) is 14.3. The molecule has 0 amide bonds. The van der Waals surface area contributed by atoms with Crippen LogP contribution >= 0.6 is 11.3 Å². The molecule has 0 unspecified atom stereocenters. The maximum Gasteiger partial charge on any atom is 0.0803 e. The normalized spacial score (nSPS) is 12.1. The first kappa shape index (κ1) is 23.0. The van der Waals surface area contributed by atoms with Gasteiger partial charge < -0.3 is 9.13 Å². The topological polar surface area (TPSA) is 22.8 Å². The van der Waals surface area contributed by atoms with E-state index in [1.165, 1.54) is 52.9 Å². The second-order valence-corrected chi connectivity index (χ2v) is 11.0. The van der Waals surface area contributed by atoms with Gasteiger partial charge in [-0.25, -0.2) is 0 Å². The average molecular weight is 532 g/mol. The lowest BCUT2D eigenvalue weighted by Gasteiger charge is -2.13. The number of allylic oxidation sites excluding steroid dienone is 1. The van der Waals surface area contributed by atoms with Crippen molar-refractivity contribution in [2.45, 2.75) is 6.92 Å². The fraction of sp³-hybridized carbons (Fsp3) is 0.0278. The highest BCUT2D eigenvalue weighted by molar-refractivity contribution is 7.27. The van der Waals surface area contributed by atoms with Crippen LogP contribution < -0.4 is 0 Å². The molecule has 190 valence electrons. The molecule has 3 nitrogen and oxygen atoms in total. The molecule has 0 atom stereocenters. The van der Waals surface area contributed by atoms with Gasteiger partial charge in [0.25, 0.3) is 0 Å². The zero-order chi connectivity index (χ0) is 26.8. The van der Waals surface area contributed by atoms with Crippen molar-refractivity contribution in [1.29, 1.82) is 0 Å². The molecule has 8 aromatic rings. The molecule has 0 N–H and O–H groups in total. The van der Waals surface area contributed by atoms with E-state index in [1.807, 2.05) is 35.9 Å². The Hall–Kier alpha value is -4.93. The zero-order valence-electron chi connectivity index (χ0n) is 22.0. The molecule has 0 spiro atoms. The summed E-state index contributed by atoms with van der Waals surface area (Å²) in [7, 11) is 0. The molecule has 0 aliphatic rings. The van der Waals surface area contributed by atoms with Crippen molar-refractivity contribution in [3.63, 3.8) is 0 Å². The van der Waals surface area contributed by atoms with Crippen molar-refractivity contribution < 1.29 is 0 Å². The quantitative estimate of drug-likeness (QED) is 0.221. The highest BCUT2D eigenvalue weighted by Gasteiger charge is 2.27. The Morgan fingerprint density at radius 2 is 1.45 bits per heavy atom. The van der Waals surface area contributed by atoms with Gasteiger partial charge in [-0.05, 0) is 49.4 Å². The lowest BCUT2D eigenvalue weighted by atomic mass is 10.0. The van der Waals surface area contributed by atoms with Crippen LogP contribution in [0.2, 0.25) is 0 Å². The molecule has 0 aliphatic heterocycles. The first-order valence-electron chi connectivity index (χ1n) is 13.5. The number of para-hydroxylation sites is 2. The summed E-state index contributed by atoms with van der Waals surface area (Å²) in [6.45, 7) is 6.41. The van der Waals surface area contributed by atoms with Crippen LogP contribution in [0.4, 0.5) is 0 Å². The molecule has 0 radical (unpaired) electrons. The number of rotatable bonds is 4. The van der Waals surface area contributed by atoms with Crippen molar-refractivity contribution in [1.82, 2.24) is 14.1 Å². The standard InChI is InChI=1S/C36H25N3S/c1-3-13-28-25(4-2)31-32-27-18-9-11-20-30(27)40-36(32)33-26-17-8-10-19-29(26)38(23-14-6-5-7-15-23)35(33)34(31)39(28)24-16-12-21-37-22-24/h3-22H,2H2,1H3/b13-3-. The molecule has 8 rings (SSSR count). The summed E-state index contributed by atoms with van der Waals surface area (Å²) >= 11 is 1.89. The van der Waals surface area contributed by atoms with Gasteiger partial charge in [-0.1, -0.05) is 73.3 Å². The van der Waals surface area contributed by atoms with Gasteiger partial charge in [0.15, 0.2) is 0 Å². The van der Waals surface area contributed by atoms with E-state index in [2.05, 4.69) is 125 Å². The van der Waals surface area contributed by atoms with Crippen molar-refractivity contribution >= 4 is 76.4 Å². The third-order valence-electron chi connectivity index (χ3n) is 7.87. The second kappa shape index (κ2) is 8.80. The minimum atomic E-state index is 1.03. The Bertz CT molecular complexity index is 2280. The number of aromatic nitrogens is 3. The molecule has 4 heteroatoms. The van der Waals surface area contributed by atoms with Gasteiger partial charge in [-0.15, -0.1) is 11.3 Å². The van der Waals surface area contributed by atoms with Crippen LogP contribution in [0, 0.1) is 0 Å². The Balaban J connectivity index is 1.80. The van der Waals surface area contributed by atoms with Crippen LogP contribution in [0.5, 0.6) is 0 Å². The minimum Gasteiger partial charge on any atom is -0.307 e. The van der Waals surface area contributed by atoms with E-state index in [0.29, 0.717) is 0 Å². The first-order chi connectivity index (χ1) is 19.8. The van der Waals surface area contributed by atoms with E-state index < -0.39 is 0 Å². The van der Waals surface area contributed by atoms with Crippen LogP contribution in [-0.2, 0) is 0 Å². The number of benzene rings is 4. The molecule has 0 fully saturated rings. The molecular formula is C36H25N3S. The molecule has 0 bridgehead atoms. The Morgan fingerprint density at radius 1 is 0.725 bits per heavy atom. The molecule has 4 aromatic heterocycles. The summed E-state index contributed by atoms with van der Waals surface area (Å²) < 4.78 is 7.43. The number of nitrogens with zero attached hydrogens (tertiary/aromatic N) is 3. The van der Waals surface area contributed by atoms with E-state index in [-0.39, 0.29) is 0 Å². The summed E-state index contributed by atoms with van der Waals surface area (Å²) in [5.41, 5.74) is 7.97. The highest BCUT2D eigenvalue weighted by Crippen LogP contribution is 2.50. The predicted octanol–water partition coefficient (Wildman–Crippen LogP) is 10.2. The van der Waals surface area contributed by atoms with Crippen molar-refractivity contribution in [2.24, 2.45) is 0 Å². The van der Waals surface area contributed by atoms with E-state index in [1.54, 1.807) is 0 Å². The third-order valence-corrected chi connectivity index (χ3v) is 9.05. The lowest BCUT2D eigenvalue weighted by Crippen LogP contribution is -2.00. The van der Waals surface area contributed by atoms with Gasteiger partial charge in [0.05, 0.1) is 34.1 Å². The molecule has 40 heavy (non-hydrogen) atoms. The summed E-state index contributed by atoms with van der Waals surface area (Å²) in [5.74, 6) is 0. The number of hydrogen-bond donors (Lipinski definition) is 0. The maximum atomic E-state index is 4.53.